The fourth-order valence-corrected chi connectivity index (χ4v) is 1.79. The number of aryl methyl sites for hydroxylation is 1. The van der Waals surface area contributed by atoms with Crippen molar-refractivity contribution in [2.75, 3.05) is 19.6 Å². The Hall–Kier alpha value is -1.98. The lowest BCUT2D eigenvalue weighted by Crippen LogP contribution is -2.43. The number of nitrogens with zero attached hydrogens (tertiary/aromatic N) is 2. The van der Waals surface area contributed by atoms with E-state index in [2.05, 4.69) is 33.2 Å². The molecule has 22 heavy (non-hydrogen) atoms. The molecule has 0 fully saturated rings. The smallest absolute Gasteiger partial charge is 0.225 e. The minimum Gasteiger partial charge on any atom is -0.357 e. The zero-order valence-electron chi connectivity index (χ0n) is 14.4. The van der Waals surface area contributed by atoms with E-state index in [0.29, 0.717) is 19.6 Å². The van der Waals surface area contributed by atoms with Crippen LogP contribution >= 0.6 is 0 Å². The van der Waals surface area contributed by atoms with Gasteiger partial charge in [-0.25, -0.2) is 4.99 Å². The van der Waals surface area contributed by atoms with Crippen LogP contribution in [-0.2, 0) is 18.4 Å². The molecule has 0 spiro atoms. The Morgan fingerprint density at radius 2 is 1.91 bits per heavy atom. The zero-order chi connectivity index (χ0) is 16.6. The van der Waals surface area contributed by atoms with Crippen molar-refractivity contribution in [2.45, 2.75) is 34.2 Å². The minimum atomic E-state index is -0.355. The highest BCUT2D eigenvalue weighted by molar-refractivity contribution is 5.81. The molecule has 124 valence electrons. The lowest BCUT2D eigenvalue weighted by Gasteiger charge is -2.18. The van der Waals surface area contributed by atoms with Crippen LogP contribution in [0.4, 0.5) is 0 Å². The van der Waals surface area contributed by atoms with Crippen molar-refractivity contribution in [3.8, 4) is 0 Å². The van der Waals surface area contributed by atoms with Crippen LogP contribution in [-0.4, -0.2) is 36.1 Å². The van der Waals surface area contributed by atoms with Crippen molar-refractivity contribution in [1.29, 1.82) is 0 Å². The molecule has 6 heteroatoms. The van der Waals surface area contributed by atoms with E-state index in [1.807, 2.05) is 45.5 Å². The first-order chi connectivity index (χ1) is 10.3. The van der Waals surface area contributed by atoms with Crippen LogP contribution in [0.15, 0.2) is 23.5 Å². The lowest BCUT2D eigenvalue weighted by molar-refractivity contribution is -0.128. The summed E-state index contributed by atoms with van der Waals surface area (Å²) in [4.78, 5) is 16.3. The van der Waals surface area contributed by atoms with Gasteiger partial charge in [-0.3, -0.25) is 4.79 Å². The number of hydrogen-bond acceptors (Lipinski definition) is 2. The Balaban J connectivity index is 2.39. The number of nitrogens with one attached hydrogen (secondary N) is 3. The Kier molecular flexibility index (Phi) is 6.95. The third kappa shape index (κ3) is 6.65. The molecular weight excluding hydrogens is 278 g/mol. The highest BCUT2D eigenvalue weighted by Crippen LogP contribution is 2.11. The zero-order valence-corrected chi connectivity index (χ0v) is 14.4. The van der Waals surface area contributed by atoms with Gasteiger partial charge in [-0.05, 0) is 18.6 Å². The fourth-order valence-electron chi connectivity index (χ4n) is 1.79. The summed E-state index contributed by atoms with van der Waals surface area (Å²) < 4.78 is 2.01. The summed E-state index contributed by atoms with van der Waals surface area (Å²) in [6, 6.07) is 2.05. The first-order valence-corrected chi connectivity index (χ1v) is 7.74. The van der Waals surface area contributed by atoms with Crippen molar-refractivity contribution in [3.05, 3.63) is 24.0 Å². The van der Waals surface area contributed by atoms with Crippen molar-refractivity contribution in [3.63, 3.8) is 0 Å². The molecule has 1 rings (SSSR count). The average Bonchev–Trinajstić information content (AvgIpc) is 2.85. The second-order valence-electron chi connectivity index (χ2n) is 6.31. The molecule has 0 bridgehead atoms. The summed E-state index contributed by atoms with van der Waals surface area (Å²) in [7, 11) is 1.99. The Morgan fingerprint density at radius 1 is 1.23 bits per heavy atom. The molecule has 6 nitrogen and oxygen atoms in total. The molecule has 0 aromatic carbocycles. The molecule has 0 aliphatic heterocycles. The van der Waals surface area contributed by atoms with Gasteiger partial charge in [0.05, 0.1) is 6.54 Å². The number of rotatable bonds is 6. The molecule has 1 amide bonds. The molecule has 0 saturated heterocycles. The van der Waals surface area contributed by atoms with Crippen molar-refractivity contribution in [2.24, 2.45) is 17.5 Å². The van der Waals surface area contributed by atoms with Crippen LogP contribution < -0.4 is 16.0 Å². The van der Waals surface area contributed by atoms with Crippen molar-refractivity contribution >= 4 is 11.9 Å². The van der Waals surface area contributed by atoms with E-state index in [1.165, 1.54) is 5.56 Å². The summed E-state index contributed by atoms with van der Waals surface area (Å²) in [5.41, 5.74) is 0.812. The average molecular weight is 307 g/mol. The lowest BCUT2D eigenvalue weighted by atomic mass is 9.96. The van der Waals surface area contributed by atoms with Gasteiger partial charge >= 0.3 is 0 Å². The number of amides is 1. The maximum atomic E-state index is 11.8. The van der Waals surface area contributed by atoms with Crippen LogP contribution in [0.5, 0.6) is 0 Å². The van der Waals surface area contributed by atoms with E-state index in [0.717, 1.165) is 12.5 Å². The van der Waals surface area contributed by atoms with Gasteiger partial charge in [-0.1, -0.05) is 20.8 Å². The van der Waals surface area contributed by atoms with Gasteiger partial charge in [0.2, 0.25) is 5.91 Å². The SMILES string of the molecule is CCNC(=NCc1ccn(C)c1)NCCNC(=O)C(C)(C)C. The normalized spacial score (nSPS) is 12.1. The molecule has 1 aromatic heterocycles. The molecule has 1 heterocycles. The number of carbonyl (C=O) groups is 1. The van der Waals surface area contributed by atoms with Crippen LogP contribution in [0.2, 0.25) is 0 Å². The number of guanidine groups is 1. The van der Waals surface area contributed by atoms with E-state index in [4.69, 9.17) is 0 Å². The summed E-state index contributed by atoms with van der Waals surface area (Å²) in [5, 5.41) is 9.33. The fraction of sp³-hybridized carbons (Fsp3) is 0.625. The van der Waals surface area contributed by atoms with E-state index in [1.54, 1.807) is 0 Å². The number of aromatic nitrogens is 1. The maximum Gasteiger partial charge on any atom is 0.225 e. The Bertz CT molecular complexity index is 499. The van der Waals surface area contributed by atoms with Gasteiger partial charge < -0.3 is 20.5 Å². The summed E-state index contributed by atoms with van der Waals surface area (Å²) in [6.07, 6.45) is 4.06. The van der Waals surface area contributed by atoms with Gasteiger partial charge in [-0.15, -0.1) is 0 Å². The van der Waals surface area contributed by atoms with Crippen molar-refractivity contribution < 1.29 is 4.79 Å². The highest BCUT2D eigenvalue weighted by atomic mass is 16.2. The molecule has 0 unspecified atom stereocenters. The second kappa shape index (κ2) is 8.46. The molecule has 0 saturated carbocycles. The molecule has 0 aliphatic rings. The van der Waals surface area contributed by atoms with Crippen LogP contribution in [0.25, 0.3) is 0 Å². The van der Waals surface area contributed by atoms with Gasteiger partial charge in [0.25, 0.3) is 0 Å². The molecule has 1 aromatic rings. The predicted octanol–water partition coefficient (Wildman–Crippen LogP) is 1.24. The topological polar surface area (TPSA) is 70.5 Å². The largest absolute Gasteiger partial charge is 0.357 e. The first kappa shape index (κ1) is 18.1. The van der Waals surface area contributed by atoms with Gasteiger partial charge in [-0.2, -0.15) is 0 Å². The van der Waals surface area contributed by atoms with E-state index >= 15 is 0 Å². The Labute approximate surface area is 133 Å². The van der Waals surface area contributed by atoms with E-state index < -0.39 is 0 Å². The van der Waals surface area contributed by atoms with E-state index in [9.17, 15) is 4.79 Å². The summed E-state index contributed by atoms with van der Waals surface area (Å²) in [5.74, 6) is 0.817. The molecule has 0 radical (unpaired) electrons. The first-order valence-electron chi connectivity index (χ1n) is 7.74. The predicted molar refractivity (Wildman–Crippen MR) is 90.7 cm³/mol. The van der Waals surface area contributed by atoms with Gasteiger partial charge in [0, 0.05) is 44.5 Å². The number of hydrogen-bond donors (Lipinski definition) is 3. The standard InChI is InChI=1S/C16H29N5O/c1-6-17-15(20-11-13-7-10-21(5)12-13)19-9-8-18-14(22)16(2,3)4/h7,10,12H,6,8-9,11H2,1-5H3,(H,18,22)(H2,17,19,20). The highest BCUT2D eigenvalue weighted by Gasteiger charge is 2.20. The van der Waals surface area contributed by atoms with E-state index in [-0.39, 0.29) is 11.3 Å². The molecule has 0 atom stereocenters. The van der Waals surface area contributed by atoms with Crippen LogP contribution in [0, 0.1) is 5.41 Å². The molecule has 3 N–H and O–H groups in total. The molecule has 0 aliphatic carbocycles. The summed E-state index contributed by atoms with van der Waals surface area (Å²) >= 11 is 0. The third-order valence-electron chi connectivity index (χ3n) is 3.04. The Morgan fingerprint density at radius 3 is 2.45 bits per heavy atom. The maximum absolute atomic E-state index is 11.8. The quantitative estimate of drug-likeness (QED) is 0.421. The van der Waals surface area contributed by atoms with Gasteiger partial charge in [0.1, 0.15) is 0 Å². The van der Waals surface area contributed by atoms with Crippen molar-refractivity contribution in [1.82, 2.24) is 20.5 Å². The van der Waals surface area contributed by atoms with Crippen LogP contribution in [0.1, 0.15) is 33.3 Å². The molecular formula is C16H29N5O. The second-order valence-corrected chi connectivity index (χ2v) is 6.31. The third-order valence-corrected chi connectivity index (χ3v) is 3.04. The number of carbonyl (C=O) groups excluding carboxylic acids is 1. The monoisotopic (exact) mass is 307 g/mol. The number of aliphatic imine (C=N–C) groups is 1. The van der Waals surface area contributed by atoms with Crippen LogP contribution in [0.3, 0.4) is 0 Å². The minimum absolute atomic E-state index is 0.0560. The summed E-state index contributed by atoms with van der Waals surface area (Å²) in [6.45, 7) is 10.4. The van der Waals surface area contributed by atoms with Gasteiger partial charge in [0.15, 0.2) is 5.96 Å².